The van der Waals surface area contributed by atoms with E-state index in [4.69, 9.17) is 4.74 Å². The van der Waals surface area contributed by atoms with E-state index in [1.165, 1.54) is 25.1 Å². The van der Waals surface area contributed by atoms with E-state index in [0.717, 1.165) is 29.9 Å². The molecule has 2 rings (SSSR count). The van der Waals surface area contributed by atoms with Crippen LogP contribution in [0.1, 0.15) is 18.5 Å². The molecule has 1 aromatic rings. The molecule has 0 radical (unpaired) electrons. The summed E-state index contributed by atoms with van der Waals surface area (Å²) >= 11 is 3.59. The van der Waals surface area contributed by atoms with Gasteiger partial charge in [0.15, 0.2) is 0 Å². The molecule has 0 spiro atoms. The molecule has 0 aromatic carbocycles. The van der Waals surface area contributed by atoms with Gasteiger partial charge in [0.1, 0.15) is 0 Å². The fourth-order valence-corrected chi connectivity index (χ4v) is 2.79. The first-order valence-corrected chi connectivity index (χ1v) is 7.00. The summed E-state index contributed by atoms with van der Waals surface area (Å²) in [5.41, 5.74) is 1.30. The molecule has 1 aromatic heterocycles. The predicted molar refractivity (Wildman–Crippen MR) is 71.1 cm³/mol. The van der Waals surface area contributed by atoms with Crippen LogP contribution < -0.4 is 5.32 Å². The zero-order valence-corrected chi connectivity index (χ0v) is 11.9. The lowest BCUT2D eigenvalue weighted by Gasteiger charge is -2.23. The van der Waals surface area contributed by atoms with E-state index in [-0.39, 0.29) is 0 Å². The van der Waals surface area contributed by atoms with Gasteiger partial charge in [-0.05, 0) is 54.2 Å². The van der Waals surface area contributed by atoms with Gasteiger partial charge in [0.25, 0.3) is 0 Å². The Kier molecular flexibility index (Phi) is 5.00. The molecule has 4 nitrogen and oxygen atoms in total. The Labute approximate surface area is 111 Å². The summed E-state index contributed by atoms with van der Waals surface area (Å²) in [5.74, 6) is 0.734. The number of nitrogens with zero attached hydrogens (tertiary/aromatic N) is 2. The molecule has 1 aliphatic rings. The molecule has 1 aliphatic heterocycles. The molecular formula is C12H20BrN3O. The van der Waals surface area contributed by atoms with Crippen molar-refractivity contribution in [2.45, 2.75) is 25.8 Å². The lowest BCUT2D eigenvalue weighted by atomic mass is 9.95. The van der Waals surface area contributed by atoms with Gasteiger partial charge in [-0.15, -0.1) is 0 Å². The lowest BCUT2D eigenvalue weighted by Crippen LogP contribution is -2.31. The van der Waals surface area contributed by atoms with Crippen LogP contribution in [0.4, 0.5) is 0 Å². The Bertz CT molecular complexity index is 348. The second-order valence-corrected chi connectivity index (χ2v) is 5.43. The third kappa shape index (κ3) is 3.53. The van der Waals surface area contributed by atoms with E-state index in [1.807, 2.05) is 6.20 Å². The average Bonchev–Trinajstić information content (AvgIpc) is 2.70. The van der Waals surface area contributed by atoms with Gasteiger partial charge in [-0.2, -0.15) is 5.10 Å². The molecule has 1 unspecified atom stereocenters. The largest absolute Gasteiger partial charge is 0.383 e. The van der Waals surface area contributed by atoms with E-state index in [0.29, 0.717) is 6.61 Å². The van der Waals surface area contributed by atoms with Crippen molar-refractivity contribution in [3.05, 3.63) is 16.4 Å². The minimum absolute atomic E-state index is 0.712. The molecule has 96 valence electrons. The number of ether oxygens (including phenoxy) is 1. The highest BCUT2D eigenvalue weighted by atomic mass is 79.9. The van der Waals surface area contributed by atoms with Gasteiger partial charge in [-0.1, -0.05) is 0 Å². The van der Waals surface area contributed by atoms with E-state index in [9.17, 15) is 0 Å². The highest BCUT2D eigenvalue weighted by molar-refractivity contribution is 9.10. The Morgan fingerprint density at radius 2 is 2.53 bits per heavy atom. The highest BCUT2D eigenvalue weighted by Gasteiger charge is 2.17. The number of rotatable bonds is 5. The molecule has 0 saturated carbocycles. The van der Waals surface area contributed by atoms with Crippen LogP contribution in [0.25, 0.3) is 0 Å². The fourth-order valence-electron chi connectivity index (χ4n) is 2.33. The van der Waals surface area contributed by atoms with Crippen molar-refractivity contribution < 1.29 is 4.74 Å². The molecular weight excluding hydrogens is 282 g/mol. The molecule has 1 N–H and O–H groups in total. The van der Waals surface area contributed by atoms with Crippen molar-refractivity contribution in [2.24, 2.45) is 5.92 Å². The van der Waals surface area contributed by atoms with Crippen LogP contribution in [-0.2, 0) is 17.7 Å². The summed E-state index contributed by atoms with van der Waals surface area (Å²) in [7, 11) is 1.73. The van der Waals surface area contributed by atoms with Crippen molar-refractivity contribution in [3.63, 3.8) is 0 Å². The predicted octanol–water partition coefficient (Wildman–Crippen LogP) is 1.83. The first kappa shape index (κ1) is 13.1. The highest BCUT2D eigenvalue weighted by Crippen LogP contribution is 2.22. The van der Waals surface area contributed by atoms with Gasteiger partial charge in [0.2, 0.25) is 0 Å². The fraction of sp³-hybridized carbons (Fsp3) is 0.750. The number of nitrogens with one attached hydrogen (secondary N) is 1. The summed E-state index contributed by atoms with van der Waals surface area (Å²) in [4.78, 5) is 0. The van der Waals surface area contributed by atoms with Crippen molar-refractivity contribution in [3.8, 4) is 0 Å². The van der Waals surface area contributed by atoms with Crippen LogP contribution in [0.15, 0.2) is 10.7 Å². The molecule has 0 bridgehead atoms. The smallest absolute Gasteiger partial charge is 0.0658 e. The van der Waals surface area contributed by atoms with Crippen molar-refractivity contribution in [1.82, 2.24) is 15.1 Å². The third-order valence-corrected chi connectivity index (χ3v) is 3.95. The third-order valence-electron chi connectivity index (χ3n) is 3.29. The van der Waals surface area contributed by atoms with Crippen LogP contribution in [0, 0.1) is 5.92 Å². The maximum Gasteiger partial charge on any atom is 0.0658 e. The summed E-state index contributed by atoms with van der Waals surface area (Å²) in [6, 6.07) is 0. The number of methoxy groups -OCH3 is 1. The summed E-state index contributed by atoms with van der Waals surface area (Å²) < 4.78 is 8.29. The van der Waals surface area contributed by atoms with Crippen LogP contribution in [0.5, 0.6) is 0 Å². The molecule has 1 saturated heterocycles. The number of hydrogen-bond acceptors (Lipinski definition) is 3. The molecule has 17 heavy (non-hydrogen) atoms. The van der Waals surface area contributed by atoms with Gasteiger partial charge in [0, 0.05) is 7.11 Å². The number of piperidine rings is 1. The number of halogens is 1. The standard InChI is InChI=1S/C12H20BrN3O/c1-17-6-5-16-12(11(13)9-15-16)7-10-3-2-4-14-8-10/h9-10,14H,2-8H2,1H3. The van der Waals surface area contributed by atoms with Crippen molar-refractivity contribution in [2.75, 3.05) is 26.8 Å². The normalized spacial score (nSPS) is 20.7. The average molecular weight is 302 g/mol. The van der Waals surface area contributed by atoms with E-state index in [2.05, 4.69) is 31.0 Å². The monoisotopic (exact) mass is 301 g/mol. The van der Waals surface area contributed by atoms with Gasteiger partial charge < -0.3 is 10.1 Å². The zero-order valence-electron chi connectivity index (χ0n) is 10.3. The van der Waals surface area contributed by atoms with Gasteiger partial charge >= 0.3 is 0 Å². The molecule has 0 amide bonds. The van der Waals surface area contributed by atoms with Crippen LogP contribution in [0.2, 0.25) is 0 Å². The molecule has 5 heteroatoms. The molecule has 0 aliphatic carbocycles. The lowest BCUT2D eigenvalue weighted by molar-refractivity contribution is 0.182. The second-order valence-electron chi connectivity index (χ2n) is 4.57. The van der Waals surface area contributed by atoms with Crippen LogP contribution in [-0.4, -0.2) is 36.6 Å². The SMILES string of the molecule is COCCn1ncc(Br)c1CC1CCCNC1. The Morgan fingerprint density at radius 1 is 1.65 bits per heavy atom. The summed E-state index contributed by atoms with van der Waals surface area (Å²) in [5, 5.41) is 7.85. The zero-order chi connectivity index (χ0) is 12.1. The maximum absolute atomic E-state index is 5.11. The molecule has 2 heterocycles. The van der Waals surface area contributed by atoms with Gasteiger partial charge in [0.05, 0.1) is 29.5 Å². The minimum atomic E-state index is 0.712. The van der Waals surface area contributed by atoms with Crippen LogP contribution >= 0.6 is 15.9 Å². The number of aromatic nitrogens is 2. The second kappa shape index (κ2) is 6.52. The minimum Gasteiger partial charge on any atom is -0.383 e. The first-order chi connectivity index (χ1) is 8.31. The Morgan fingerprint density at radius 3 is 3.24 bits per heavy atom. The van der Waals surface area contributed by atoms with Crippen LogP contribution in [0.3, 0.4) is 0 Å². The van der Waals surface area contributed by atoms with Crippen molar-refractivity contribution in [1.29, 1.82) is 0 Å². The first-order valence-electron chi connectivity index (χ1n) is 6.21. The number of hydrogen-bond donors (Lipinski definition) is 1. The molecule has 1 atom stereocenters. The Hall–Kier alpha value is -0.390. The van der Waals surface area contributed by atoms with E-state index in [1.54, 1.807) is 7.11 Å². The van der Waals surface area contributed by atoms with Gasteiger partial charge in [-0.25, -0.2) is 0 Å². The maximum atomic E-state index is 5.11. The Balaban J connectivity index is 1.99. The van der Waals surface area contributed by atoms with E-state index < -0.39 is 0 Å². The quantitative estimate of drug-likeness (QED) is 0.902. The topological polar surface area (TPSA) is 39.1 Å². The van der Waals surface area contributed by atoms with Crippen molar-refractivity contribution >= 4 is 15.9 Å². The summed E-state index contributed by atoms with van der Waals surface area (Å²) in [6.07, 6.45) is 5.59. The molecule has 1 fully saturated rings. The van der Waals surface area contributed by atoms with E-state index >= 15 is 0 Å². The van der Waals surface area contributed by atoms with Gasteiger partial charge in [-0.3, -0.25) is 4.68 Å². The summed E-state index contributed by atoms with van der Waals surface area (Å²) in [6.45, 7) is 3.84.